The maximum Gasteiger partial charge on any atom is 0.351 e. The molecule has 0 aromatic carbocycles. The molecule has 0 aliphatic carbocycles. The van der Waals surface area contributed by atoms with Crippen LogP contribution >= 0.6 is 33.6 Å². The molecule has 10 aliphatic heterocycles. The van der Waals surface area contributed by atoms with Crippen LogP contribution in [0.15, 0.2) is 66.3 Å². The highest BCUT2D eigenvalue weighted by atomic mass is 32.5. The molecule has 0 amide bonds. The van der Waals surface area contributed by atoms with Crippen molar-refractivity contribution in [3.63, 3.8) is 0 Å². The van der Waals surface area contributed by atoms with Gasteiger partial charge in [0.15, 0.2) is 53.8 Å². The number of nitrogen functional groups attached to an aromatic ring is 3. The molecule has 7 aromatic rings. The van der Waals surface area contributed by atoms with Crippen molar-refractivity contribution >= 4 is 133 Å². The summed E-state index contributed by atoms with van der Waals surface area (Å²) in [6.45, 7) is -0.382. The number of anilines is 3. The smallest absolute Gasteiger partial charge is 0.351 e. The van der Waals surface area contributed by atoms with E-state index in [4.69, 9.17) is 169 Å². The molecule has 10 aliphatic rings. The highest BCUT2D eigenvalue weighted by molar-refractivity contribution is 8.08. The van der Waals surface area contributed by atoms with Crippen molar-refractivity contribution in [2.24, 2.45) is 0 Å². The van der Waals surface area contributed by atoms with Gasteiger partial charge in [0.2, 0.25) is 5.95 Å². The topological polar surface area (TPSA) is 616 Å². The summed E-state index contributed by atoms with van der Waals surface area (Å²) < 4.78 is 121. The zero-order chi connectivity index (χ0) is 92.4. The van der Waals surface area contributed by atoms with Gasteiger partial charge >= 0.3 is 50.7 Å². The van der Waals surface area contributed by atoms with Crippen molar-refractivity contribution in [2.75, 3.05) is 85.8 Å². The van der Waals surface area contributed by atoms with Gasteiger partial charge in [-0.2, -0.15) is 9.97 Å². The number of nitrogens with one attached hydrogen (secondary N) is 3. The molecule has 0 saturated carbocycles. The maximum atomic E-state index is 12.3. The Morgan fingerprint density at radius 1 is 0.409 bits per heavy atom. The first-order valence-corrected chi connectivity index (χ1v) is 52.8. The Labute approximate surface area is 748 Å². The van der Waals surface area contributed by atoms with Crippen LogP contribution in [-0.2, 0) is 152 Å². The zero-order valence-electron chi connectivity index (χ0n) is 70.8. The molecule has 0 radical (unpaired) electrons. The SMILES string of the molecule is CC[C@]12CCO[C@@H](C1OP(O)(=S)OC)[C@H](n1cc(C)c(=O)[nH]c1=O)O2.CC[C@]12CCO[C@@H](C1OP(O)(=S)OC)[C@H](n1cc(C)c(N)nc1=O)O2.CC[C@]12CCO[C@@H](C1OP(O)(=S)OC)[C@H](n1cnc3c(=O)[nH]c(N)nc31)O2.CC[C@]12CCO[C@@H](C1OP(O)(=S)OC)[C@H](n1cnc3c(N)ncnc31)O2.CC[C@]12CO[C@@H](C1OP(O)(=S)OC)[C@H](n1cc(C)c(=O)[nH]c1=O)O2. The Kier molecular flexibility index (Phi) is 30.2. The molecule has 25 atom stereocenters. The summed E-state index contributed by atoms with van der Waals surface area (Å²) in [6, 6.07) is 0. The van der Waals surface area contributed by atoms with Gasteiger partial charge in [-0.1, -0.05) is 34.6 Å². The number of nitrogens with two attached hydrogens (primary N) is 3. The number of fused-ring (bicyclic) bond motifs is 12. The molecule has 10 saturated heterocycles. The summed E-state index contributed by atoms with van der Waals surface area (Å²) >= 11 is 25.0. The van der Waals surface area contributed by atoms with Gasteiger partial charge in [0.25, 0.3) is 16.7 Å². The van der Waals surface area contributed by atoms with Gasteiger partial charge in [-0.15, -0.1) is 0 Å². The predicted molar refractivity (Wildman–Crippen MR) is 467 cm³/mol. The molecular formula is C69H102N17O31P5S5. The molecule has 10 unspecified atom stereocenters. The molecule has 48 nitrogen and oxygen atoms in total. The molecule has 10 fully saturated rings. The first-order valence-electron chi connectivity index (χ1n) is 39.9. The second-order valence-corrected chi connectivity index (χ2v) is 45.4. The van der Waals surface area contributed by atoms with E-state index in [1.54, 1.807) is 42.4 Å². The van der Waals surface area contributed by atoms with Crippen LogP contribution in [0.2, 0.25) is 0 Å². The Bertz CT molecular complexity index is 5880. The van der Waals surface area contributed by atoms with Crippen molar-refractivity contribution < 1.29 is 117 Å². The molecule has 127 heavy (non-hydrogen) atoms. The van der Waals surface area contributed by atoms with Crippen LogP contribution in [-0.4, -0.2) is 250 Å². The molecule has 58 heteroatoms. The van der Waals surface area contributed by atoms with Gasteiger partial charge in [0.05, 0.1) is 45.7 Å². The second-order valence-electron chi connectivity index (χ2n) is 31.0. The van der Waals surface area contributed by atoms with E-state index in [1.807, 2.05) is 34.6 Å². The Hall–Kier alpha value is -5.21. The lowest BCUT2D eigenvalue weighted by molar-refractivity contribution is -0.175. The lowest BCUT2D eigenvalue weighted by atomic mass is 9.87. The number of hydrogen-bond acceptors (Lipinski definition) is 40. The summed E-state index contributed by atoms with van der Waals surface area (Å²) in [5.74, 6) is 0.435. The first-order chi connectivity index (χ1) is 59.9. The summed E-state index contributed by atoms with van der Waals surface area (Å²) in [5, 5.41) is 0. The van der Waals surface area contributed by atoms with Gasteiger partial charge in [0.1, 0.15) is 107 Å². The van der Waals surface area contributed by atoms with E-state index >= 15 is 0 Å². The largest absolute Gasteiger partial charge is 0.383 e. The quantitative estimate of drug-likeness (QED) is 0.0366. The minimum Gasteiger partial charge on any atom is -0.383 e. The zero-order valence-corrected chi connectivity index (χ0v) is 79.4. The minimum absolute atomic E-state index is 0.0283. The standard InChI is InChI=1S/C14H20N5O6PS.C14H20N5O5PS.C14H22N3O6PS.C14H21N2O7PS.C13H19N2O7PS/c1-3-14-4-5-23-8(9(14)25-26(21,27)22-2)12(24-14)19-6-16-7-10(19)17-13(15)18-11(7)20;1-3-14-4-5-22-9(10(14)24-25(20,26)21-2)13(23-14)19-7-18-8-11(15)16-6-17-12(8)19;1-4-14-5-6-21-9(10(14)23-24(19,25)20-3)12(22-14)17-7-8(2)11(15)16-13(17)18;1-4-14-5-6-21-9(10(14)23-24(19,25)20-3)12(22-14)16-7-8(2)11(17)15-13(16)18;1-4-13-6-20-8(9(13)22-23(18,24)19-3)11(21-13)15-5-7(2)10(16)14-12(15)17/h6,8-9,12H,3-5H2,1-2H3,(H,21,27)(H3,15,17,18,20);6-7,9-10,13H,3-5H2,1-2H3,(H,20,26)(H2,15,16,17);7,9-10,12H,4-6H2,1-3H3,(H,19,25)(H2,15,16,18);7,9-10,12H,4-6H2,1-3H3,(H,19,25)(H,15,17,18);5,8-9,11H,4,6H2,1-3H3,(H,18,24)(H,14,16,17)/t8-,9?,12+,14-,26?;9-,10?,13+,14-,25?;2*9-,10?,12+,14-,24?;8-,9?,11+,13-,23?/m00000/s1. The van der Waals surface area contributed by atoms with E-state index in [1.165, 1.54) is 74.3 Å². The average molecular weight is 1980 g/mol. The van der Waals surface area contributed by atoms with Crippen molar-refractivity contribution in [3.8, 4) is 0 Å². The van der Waals surface area contributed by atoms with Crippen LogP contribution in [0, 0.1) is 20.8 Å². The monoisotopic (exact) mass is 1980 g/mol. The van der Waals surface area contributed by atoms with Crippen LogP contribution in [0.3, 0.4) is 0 Å². The number of hydrogen-bond donors (Lipinski definition) is 11. The van der Waals surface area contributed by atoms with Gasteiger partial charge < -0.3 is 112 Å². The van der Waals surface area contributed by atoms with Crippen molar-refractivity contribution in [1.29, 1.82) is 0 Å². The van der Waals surface area contributed by atoms with Gasteiger partial charge in [0, 0.05) is 96.5 Å². The molecule has 7 aromatic heterocycles. The third kappa shape index (κ3) is 19.6. The normalized spacial score (nSPS) is 33.7. The predicted octanol–water partition coefficient (Wildman–Crippen LogP) is 3.12. The molecule has 17 heterocycles. The van der Waals surface area contributed by atoms with Crippen LogP contribution in [0.1, 0.15) is 140 Å². The summed E-state index contributed by atoms with van der Waals surface area (Å²) in [4.78, 5) is 154. The fourth-order valence-corrected chi connectivity index (χ4v) is 21.9. The van der Waals surface area contributed by atoms with E-state index in [2.05, 4.69) is 44.9 Å². The van der Waals surface area contributed by atoms with Crippen molar-refractivity contribution in [3.05, 3.63) is 117 Å². The first kappa shape index (κ1) is 99.3. The summed E-state index contributed by atoms with van der Waals surface area (Å²) in [7, 11) is 6.46. The molecule has 704 valence electrons. The van der Waals surface area contributed by atoms with Gasteiger partial charge in [-0.25, -0.2) is 34.3 Å². The number of ether oxygens (including phenoxy) is 10. The number of H-pyrrole nitrogens is 3. The Morgan fingerprint density at radius 2 is 0.732 bits per heavy atom. The van der Waals surface area contributed by atoms with Gasteiger partial charge in [-0.05, 0) is 112 Å². The fourth-order valence-electron chi connectivity index (χ4n) is 17.1. The van der Waals surface area contributed by atoms with Crippen LogP contribution in [0.25, 0.3) is 22.3 Å². The molecular weight excluding hydrogens is 1880 g/mol. The number of aryl methyl sites for hydroxylation is 3. The third-order valence-electron chi connectivity index (χ3n) is 24.2. The lowest BCUT2D eigenvalue weighted by Crippen LogP contribution is -2.49. The lowest BCUT2D eigenvalue weighted by Gasteiger charge is -2.38. The Balaban J connectivity index is 0.000000136. The van der Waals surface area contributed by atoms with E-state index < -0.39 is 188 Å². The van der Waals surface area contributed by atoms with Crippen molar-refractivity contribution in [2.45, 2.75) is 233 Å². The molecule has 0 spiro atoms. The second kappa shape index (κ2) is 38.6. The molecule has 14 N–H and O–H groups in total. The average Bonchev–Trinajstić information content (AvgIpc) is 1.58. The summed E-state index contributed by atoms with van der Waals surface area (Å²) in [6.07, 6.45) is 4.23. The highest BCUT2D eigenvalue weighted by Crippen LogP contribution is 2.61. The third-order valence-corrected chi connectivity index (χ3v) is 32.5. The number of aromatic amines is 3. The number of rotatable bonds is 25. The van der Waals surface area contributed by atoms with Gasteiger partial charge in [-0.3, -0.25) is 74.8 Å². The number of nitrogens with zero attached hydrogens (tertiary/aromatic N) is 11. The van der Waals surface area contributed by atoms with E-state index in [9.17, 15) is 53.2 Å². The van der Waals surface area contributed by atoms with E-state index in [0.29, 0.717) is 118 Å². The number of aromatic nitrogens is 14. The van der Waals surface area contributed by atoms with Crippen LogP contribution in [0.5, 0.6) is 0 Å². The number of imidazole rings is 2. The highest BCUT2D eigenvalue weighted by Gasteiger charge is 2.67. The van der Waals surface area contributed by atoms with Crippen LogP contribution < -0.4 is 50.9 Å². The maximum absolute atomic E-state index is 12.3. The van der Waals surface area contributed by atoms with E-state index in [-0.39, 0.29) is 29.5 Å². The summed E-state index contributed by atoms with van der Waals surface area (Å²) in [5.41, 5.74) is 13.3. The van der Waals surface area contributed by atoms with Crippen molar-refractivity contribution in [1.82, 2.24) is 67.7 Å². The van der Waals surface area contributed by atoms with E-state index in [0.717, 1.165) is 0 Å². The minimum atomic E-state index is -3.45. The molecule has 10 bridgehead atoms. The molecule has 17 rings (SSSR count). The van der Waals surface area contributed by atoms with Crippen LogP contribution in [0.4, 0.5) is 17.6 Å². The fraction of sp³-hybridized carbons (Fsp3) is 0.681. The Morgan fingerprint density at radius 3 is 1.10 bits per heavy atom.